The molecule has 3 rings (SSSR count). The molecule has 2 heteroatoms. The van der Waals surface area contributed by atoms with E-state index in [1.54, 1.807) is 0 Å². The first-order chi connectivity index (χ1) is 9.84. The minimum atomic E-state index is 0. The monoisotopic (exact) mass is 378 g/mol. The van der Waals surface area contributed by atoms with Crippen LogP contribution in [0.25, 0.3) is 12.2 Å². The van der Waals surface area contributed by atoms with Crippen molar-refractivity contribution in [2.45, 2.75) is 0 Å². The molecule has 0 aromatic heterocycles. The molecule has 0 unspecified atom stereocenters. The van der Waals surface area contributed by atoms with Gasteiger partial charge < -0.3 is 0 Å². The number of halogens is 1. The van der Waals surface area contributed by atoms with E-state index in [2.05, 4.69) is 45.9 Å². The van der Waals surface area contributed by atoms with Gasteiger partial charge in [-0.05, 0) is 23.8 Å². The molecule has 0 saturated carbocycles. The molecule has 0 aliphatic carbocycles. The first-order valence-electron chi connectivity index (χ1n) is 6.41. The maximum Gasteiger partial charge on any atom is 2.00 e. The molecule has 0 amide bonds. The average Bonchev–Trinajstić information content (AvgIpc) is 3.16. The summed E-state index contributed by atoms with van der Waals surface area (Å²) in [5.74, 6) is 0. The predicted octanol–water partition coefficient (Wildman–Crippen LogP) is 5.90. The van der Waals surface area contributed by atoms with Gasteiger partial charge in [0, 0.05) is 4.47 Å². The normalized spacial score (nSPS) is 8.62. The maximum atomic E-state index is 3.40. The zero-order chi connectivity index (χ0) is 14.0. The summed E-state index contributed by atoms with van der Waals surface area (Å²) in [6, 6.07) is 26.3. The molecule has 0 N–H and O–H groups in total. The molecule has 0 saturated heterocycles. The third-order valence-corrected chi connectivity index (χ3v) is 3.14. The van der Waals surface area contributed by atoms with E-state index in [9.17, 15) is 0 Å². The first-order valence-corrected chi connectivity index (χ1v) is 7.20. The van der Waals surface area contributed by atoms with Crippen molar-refractivity contribution in [2.24, 2.45) is 0 Å². The maximum absolute atomic E-state index is 3.40. The van der Waals surface area contributed by atoms with Gasteiger partial charge in [0.2, 0.25) is 0 Å². The molecule has 0 radical (unpaired) electrons. The molecule has 0 nitrogen and oxygen atoms in total. The van der Waals surface area contributed by atoms with Gasteiger partial charge in [0.15, 0.2) is 0 Å². The Morgan fingerprint density at radius 2 is 1.57 bits per heavy atom. The van der Waals surface area contributed by atoms with Gasteiger partial charge in [0.25, 0.3) is 0 Å². The molecule has 0 aliphatic rings. The Morgan fingerprint density at radius 3 is 2.10 bits per heavy atom. The fourth-order valence-corrected chi connectivity index (χ4v) is 1.86. The van der Waals surface area contributed by atoms with E-state index < -0.39 is 0 Å². The number of benzene rings is 1. The Bertz CT molecular complexity index is 623. The topological polar surface area (TPSA) is 0 Å². The number of hydrogen-bond donors (Lipinski definition) is 0. The van der Waals surface area contributed by atoms with E-state index >= 15 is 0 Å². The molecule has 106 valence electrons. The zero-order valence-electron chi connectivity index (χ0n) is 11.4. The van der Waals surface area contributed by atoms with Crippen LogP contribution in [-0.4, -0.2) is 0 Å². The molecule has 0 aliphatic heterocycles. The minimum absolute atomic E-state index is 0. The van der Waals surface area contributed by atoms with Crippen LogP contribution in [0.2, 0.25) is 0 Å². The molecule has 0 heterocycles. The summed E-state index contributed by atoms with van der Waals surface area (Å²) in [5.41, 5.74) is 5.50. The molecule has 3 aromatic carbocycles. The summed E-state index contributed by atoms with van der Waals surface area (Å²) < 4.78 is 1.10. The molecular weight excluding hydrogens is 364 g/mol. The van der Waals surface area contributed by atoms with Crippen LogP contribution in [0.15, 0.2) is 89.1 Å². The van der Waals surface area contributed by atoms with E-state index in [4.69, 9.17) is 0 Å². The quantitative estimate of drug-likeness (QED) is 0.296. The summed E-state index contributed by atoms with van der Waals surface area (Å²) >= 11 is 3.40. The molecule has 3 aromatic rings. The Balaban J connectivity index is 0.000000313. The van der Waals surface area contributed by atoms with E-state index in [-0.39, 0.29) is 17.1 Å². The van der Waals surface area contributed by atoms with Gasteiger partial charge in [-0.3, -0.25) is 0 Å². The summed E-state index contributed by atoms with van der Waals surface area (Å²) in [7, 11) is 0. The van der Waals surface area contributed by atoms with Gasteiger partial charge in [-0.2, -0.15) is 42.1 Å². The molecule has 0 spiro atoms. The third-order valence-electron chi connectivity index (χ3n) is 2.61. The van der Waals surface area contributed by atoms with E-state index in [0.717, 1.165) is 10.0 Å². The fourth-order valence-electron chi connectivity index (χ4n) is 1.60. The molecule has 21 heavy (non-hydrogen) atoms. The van der Waals surface area contributed by atoms with Crippen LogP contribution in [-0.2, 0) is 17.1 Å². The van der Waals surface area contributed by atoms with Crippen LogP contribution in [0.1, 0.15) is 11.1 Å². The predicted molar refractivity (Wildman–Crippen MR) is 90.7 cm³/mol. The number of hydrogen-bond acceptors (Lipinski definition) is 0. The smallest absolute Gasteiger partial charge is 0.214 e. The summed E-state index contributed by atoms with van der Waals surface area (Å²) in [4.78, 5) is 0. The SMILES string of the molecule is Brc1ccc(C=C=Cc2ccc[cH-]2)cc1.[Fe+2].c1cc[cH-]c1. The van der Waals surface area contributed by atoms with Crippen molar-refractivity contribution in [2.75, 3.05) is 0 Å². The van der Waals surface area contributed by atoms with Crippen molar-refractivity contribution in [1.29, 1.82) is 0 Å². The zero-order valence-corrected chi connectivity index (χ0v) is 14.1. The van der Waals surface area contributed by atoms with Crippen LogP contribution in [0.3, 0.4) is 0 Å². The van der Waals surface area contributed by atoms with Crippen molar-refractivity contribution in [3.63, 3.8) is 0 Å². The van der Waals surface area contributed by atoms with Gasteiger partial charge in [0.05, 0.1) is 0 Å². The fraction of sp³-hybridized carbons (Fsp3) is 0. The summed E-state index contributed by atoms with van der Waals surface area (Å²) in [6.45, 7) is 0. The second-order valence-corrected chi connectivity index (χ2v) is 5.10. The second kappa shape index (κ2) is 10.2. The molecule has 0 bridgehead atoms. The van der Waals surface area contributed by atoms with E-state index in [0.29, 0.717) is 0 Å². The second-order valence-electron chi connectivity index (χ2n) is 4.19. The Morgan fingerprint density at radius 1 is 0.857 bits per heavy atom. The van der Waals surface area contributed by atoms with Crippen LogP contribution in [0.4, 0.5) is 0 Å². The number of rotatable bonds is 2. The van der Waals surface area contributed by atoms with Crippen LogP contribution in [0.5, 0.6) is 0 Å². The van der Waals surface area contributed by atoms with E-state index in [1.165, 1.54) is 5.56 Å². The van der Waals surface area contributed by atoms with Gasteiger partial charge in [-0.1, -0.05) is 34.1 Å². The van der Waals surface area contributed by atoms with Crippen molar-refractivity contribution in [1.82, 2.24) is 0 Å². The van der Waals surface area contributed by atoms with Crippen LogP contribution < -0.4 is 0 Å². The van der Waals surface area contributed by atoms with E-state index in [1.807, 2.05) is 66.7 Å². The summed E-state index contributed by atoms with van der Waals surface area (Å²) in [6.07, 6.45) is 3.95. The molecular formula is C19H15BrFe. The van der Waals surface area contributed by atoms with Gasteiger partial charge in [-0.25, -0.2) is 12.1 Å². The van der Waals surface area contributed by atoms with Gasteiger partial charge in [0.1, 0.15) is 0 Å². The molecule has 0 atom stereocenters. The van der Waals surface area contributed by atoms with Crippen molar-refractivity contribution in [3.05, 3.63) is 100 Å². The van der Waals surface area contributed by atoms with Crippen molar-refractivity contribution < 1.29 is 17.1 Å². The van der Waals surface area contributed by atoms with Crippen LogP contribution in [0, 0.1) is 0 Å². The standard InChI is InChI=1S/C14H10Br.C5H5.Fe/c15-14-10-8-13(9-11-14)7-3-6-12-4-1-2-5-12;1-2-4-5-3-1;/h1-2,4-11H;1-5H;/q2*-1;+2. The Kier molecular flexibility index (Phi) is 8.50. The largest absolute Gasteiger partial charge is 2.00 e. The average molecular weight is 379 g/mol. The third kappa shape index (κ3) is 7.13. The molecule has 0 fully saturated rings. The summed E-state index contributed by atoms with van der Waals surface area (Å²) in [5, 5.41) is 0. The van der Waals surface area contributed by atoms with Crippen LogP contribution >= 0.6 is 15.9 Å². The Labute approximate surface area is 145 Å². The minimum Gasteiger partial charge on any atom is -0.214 e. The Hall–Kier alpha value is -1.56. The van der Waals surface area contributed by atoms with Crippen molar-refractivity contribution >= 4 is 28.1 Å². The first kappa shape index (κ1) is 17.5. The van der Waals surface area contributed by atoms with Crippen molar-refractivity contribution in [3.8, 4) is 0 Å². The van der Waals surface area contributed by atoms with Gasteiger partial charge in [-0.15, -0.1) is 11.6 Å². The van der Waals surface area contributed by atoms with Gasteiger partial charge >= 0.3 is 17.1 Å².